The Hall–Kier alpha value is -1.09. The highest BCUT2D eigenvalue weighted by Gasteiger charge is 2.12. The molecule has 0 fully saturated rings. The van der Waals surface area contributed by atoms with Crippen molar-refractivity contribution in [1.29, 1.82) is 0 Å². The summed E-state index contributed by atoms with van der Waals surface area (Å²) in [6, 6.07) is 8.34. The molecule has 15 heavy (non-hydrogen) atoms. The lowest BCUT2D eigenvalue weighted by atomic mass is 9.87. The summed E-state index contributed by atoms with van der Waals surface area (Å²) in [4.78, 5) is 0. The molecule has 1 rings (SSSR count). The highest BCUT2D eigenvalue weighted by molar-refractivity contribution is 7.80. The molecular formula is C12H18N2S. The van der Waals surface area contributed by atoms with Crippen molar-refractivity contribution < 1.29 is 0 Å². The van der Waals surface area contributed by atoms with Gasteiger partial charge in [0.15, 0.2) is 5.11 Å². The van der Waals surface area contributed by atoms with E-state index in [1.54, 1.807) is 7.05 Å². The molecule has 0 aliphatic carbocycles. The van der Waals surface area contributed by atoms with Gasteiger partial charge in [-0.2, -0.15) is 0 Å². The summed E-state index contributed by atoms with van der Waals surface area (Å²) < 4.78 is 0. The Morgan fingerprint density at radius 1 is 1.13 bits per heavy atom. The zero-order chi connectivity index (χ0) is 11.5. The molecule has 0 spiro atoms. The van der Waals surface area contributed by atoms with E-state index in [9.17, 15) is 0 Å². The maximum Gasteiger partial charge on any atom is 0.170 e. The summed E-state index contributed by atoms with van der Waals surface area (Å²) >= 11 is 5.02. The molecule has 2 nitrogen and oxygen atoms in total. The molecule has 0 unspecified atom stereocenters. The molecule has 0 atom stereocenters. The number of nitrogens with one attached hydrogen (secondary N) is 2. The second-order valence-electron chi connectivity index (χ2n) is 4.53. The summed E-state index contributed by atoms with van der Waals surface area (Å²) in [5.74, 6) is 0. The van der Waals surface area contributed by atoms with Crippen LogP contribution in [0.4, 0.5) is 5.69 Å². The van der Waals surface area contributed by atoms with Gasteiger partial charge in [-0.05, 0) is 35.3 Å². The average molecular weight is 222 g/mol. The van der Waals surface area contributed by atoms with E-state index in [4.69, 9.17) is 12.2 Å². The van der Waals surface area contributed by atoms with Gasteiger partial charge in [-0.1, -0.05) is 32.9 Å². The Kier molecular flexibility index (Phi) is 3.69. The van der Waals surface area contributed by atoms with Crippen LogP contribution in [0.1, 0.15) is 26.3 Å². The Morgan fingerprint density at radius 3 is 2.07 bits per heavy atom. The van der Waals surface area contributed by atoms with Crippen molar-refractivity contribution in [3.63, 3.8) is 0 Å². The predicted octanol–water partition coefficient (Wildman–Crippen LogP) is 2.90. The second-order valence-corrected chi connectivity index (χ2v) is 4.94. The molecule has 0 aliphatic rings. The van der Waals surface area contributed by atoms with Gasteiger partial charge in [0, 0.05) is 12.7 Å². The zero-order valence-corrected chi connectivity index (χ0v) is 10.5. The van der Waals surface area contributed by atoms with Crippen molar-refractivity contribution in [3.05, 3.63) is 29.8 Å². The molecule has 0 bridgehead atoms. The lowest BCUT2D eigenvalue weighted by molar-refractivity contribution is 0.590. The minimum Gasteiger partial charge on any atom is -0.366 e. The zero-order valence-electron chi connectivity index (χ0n) is 9.72. The fourth-order valence-corrected chi connectivity index (χ4v) is 1.37. The van der Waals surface area contributed by atoms with Gasteiger partial charge >= 0.3 is 0 Å². The summed E-state index contributed by atoms with van der Waals surface area (Å²) in [7, 11) is 1.80. The average Bonchev–Trinajstić information content (AvgIpc) is 2.17. The number of rotatable bonds is 1. The second kappa shape index (κ2) is 4.62. The van der Waals surface area contributed by atoms with Crippen LogP contribution in [0.3, 0.4) is 0 Å². The largest absolute Gasteiger partial charge is 0.366 e. The molecule has 0 aromatic heterocycles. The lowest BCUT2D eigenvalue weighted by Crippen LogP contribution is -2.24. The molecular weight excluding hydrogens is 204 g/mol. The first-order valence-electron chi connectivity index (χ1n) is 5.03. The van der Waals surface area contributed by atoms with Gasteiger partial charge in [0.25, 0.3) is 0 Å². The van der Waals surface area contributed by atoms with Gasteiger partial charge in [-0.3, -0.25) is 0 Å². The lowest BCUT2D eigenvalue weighted by Gasteiger charge is -2.19. The molecule has 3 heteroatoms. The van der Waals surface area contributed by atoms with E-state index in [-0.39, 0.29) is 5.41 Å². The Morgan fingerprint density at radius 2 is 1.67 bits per heavy atom. The van der Waals surface area contributed by atoms with Crippen molar-refractivity contribution in [2.75, 3.05) is 12.4 Å². The topological polar surface area (TPSA) is 24.1 Å². The van der Waals surface area contributed by atoms with E-state index in [2.05, 4.69) is 43.5 Å². The van der Waals surface area contributed by atoms with Crippen LogP contribution in [-0.4, -0.2) is 12.2 Å². The molecule has 0 amide bonds. The van der Waals surface area contributed by atoms with Crippen LogP contribution in [0.25, 0.3) is 0 Å². The maximum atomic E-state index is 5.02. The first-order chi connectivity index (χ1) is 6.93. The van der Waals surface area contributed by atoms with E-state index >= 15 is 0 Å². The normalized spacial score (nSPS) is 10.9. The van der Waals surface area contributed by atoms with Crippen LogP contribution in [0.2, 0.25) is 0 Å². The molecule has 1 aromatic carbocycles. The first-order valence-corrected chi connectivity index (χ1v) is 5.43. The smallest absolute Gasteiger partial charge is 0.170 e. The first kappa shape index (κ1) is 12.0. The molecule has 0 radical (unpaired) electrons. The molecule has 2 N–H and O–H groups in total. The monoisotopic (exact) mass is 222 g/mol. The van der Waals surface area contributed by atoms with Crippen LogP contribution >= 0.6 is 12.2 Å². The Labute approximate surface area is 97.1 Å². The number of thiocarbonyl (C=S) groups is 1. The maximum absolute atomic E-state index is 5.02. The number of hydrogen-bond acceptors (Lipinski definition) is 1. The molecule has 0 saturated heterocycles. The van der Waals surface area contributed by atoms with Crippen molar-refractivity contribution in [3.8, 4) is 0 Å². The van der Waals surface area contributed by atoms with Crippen molar-refractivity contribution >= 4 is 23.0 Å². The fraction of sp³-hybridized carbons (Fsp3) is 0.417. The SMILES string of the molecule is CNC(=S)Nc1ccc(C(C)(C)C)cc1. The minimum absolute atomic E-state index is 0.196. The van der Waals surface area contributed by atoms with Crippen LogP contribution in [-0.2, 0) is 5.41 Å². The van der Waals surface area contributed by atoms with Gasteiger partial charge in [-0.15, -0.1) is 0 Å². The summed E-state index contributed by atoms with van der Waals surface area (Å²) in [5, 5.41) is 6.61. The van der Waals surface area contributed by atoms with Crippen molar-refractivity contribution in [2.24, 2.45) is 0 Å². The summed E-state index contributed by atoms with van der Waals surface area (Å²) in [5.41, 5.74) is 2.54. The van der Waals surface area contributed by atoms with Gasteiger partial charge in [0.1, 0.15) is 0 Å². The summed E-state index contributed by atoms with van der Waals surface area (Å²) in [6.07, 6.45) is 0. The van der Waals surface area contributed by atoms with Gasteiger partial charge in [-0.25, -0.2) is 0 Å². The van der Waals surface area contributed by atoms with E-state index in [0.29, 0.717) is 5.11 Å². The highest BCUT2D eigenvalue weighted by atomic mass is 32.1. The van der Waals surface area contributed by atoms with E-state index in [0.717, 1.165) is 5.69 Å². The van der Waals surface area contributed by atoms with E-state index in [1.807, 2.05) is 12.1 Å². The number of benzene rings is 1. The summed E-state index contributed by atoms with van der Waals surface area (Å²) in [6.45, 7) is 6.61. The Balaban J connectivity index is 2.77. The van der Waals surface area contributed by atoms with Gasteiger partial charge in [0.2, 0.25) is 0 Å². The number of anilines is 1. The highest BCUT2D eigenvalue weighted by Crippen LogP contribution is 2.23. The van der Waals surface area contributed by atoms with Gasteiger partial charge in [0.05, 0.1) is 0 Å². The molecule has 0 saturated carbocycles. The van der Waals surface area contributed by atoms with Crippen molar-refractivity contribution in [1.82, 2.24) is 5.32 Å². The van der Waals surface area contributed by atoms with Crippen LogP contribution in [0.5, 0.6) is 0 Å². The third kappa shape index (κ3) is 3.51. The van der Waals surface area contributed by atoms with Crippen LogP contribution in [0, 0.1) is 0 Å². The van der Waals surface area contributed by atoms with E-state index in [1.165, 1.54) is 5.56 Å². The van der Waals surface area contributed by atoms with Crippen LogP contribution in [0.15, 0.2) is 24.3 Å². The molecule has 82 valence electrons. The molecule has 0 aliphatic heterocycles. The number of hydrogen-bond donors (Lipinski definition) is 2. The van der Waals surface area contributed by atoms with E-state index < -0.39 is 0 Å². The molecule has 1 aromatic rings. The Bertz CT molecular complexity index is 336. The predicted molar refractivity (Wildman–Crippen MR) is 70.4 cm³/mol. The standard InChI is InChI=1S/C12H18N2S/c1-12(2,3)9-5-7-10(8-6-9)14-11(15)13-4/h5-8H,1-4H3,(H2,13,14,15). The fourth-order valence-electron chi connectivity index (χ4n) is 1.25. The molecule has 0 heterocycles. The third-order valence-corrected chi connectivity index (χ3v) is 2.54. The van der Waals surface area contributed by atoms with Crippen LogP contribution < -0.4 is 10.6 Å². The minimum atomic E-state index is 0.196. The van der Waals surface area contributed by atoms with Gasteiger partial charge < -0.3 is 10.6 Å². The van der Waals surface area contributed by atoms with Crippen molar-refractivity contribution in [2.45, 2.75) is 26.2 Å². The quantitative estimate of drug-likeness (QED) is 0.714. The third-order valence-electron chi connectivity index (χ3n) is 2.24.